The van der Waals surface area contributed by atoms with Crippen LogP contribution in [0, 0.1) is 20.8 Å². The molecule has 1 aromatic heterocycles. The molecule has 3 nitrogen and oxygen atoms in total. The second kappa shape index (κ2) is 6.18. The summed E-state index contributed by atoms with van der Waals surface area (Å²) in [7, 11) is 0. The summed E-state index contributed by atoms with van der Waals surface area (Å²) >= 11 is 3.32. The first kappa shape index (κ1) is 14.7. The number of nitrogens with zero attached hydrogens (tertiary/aromatic N) is 1. The van der Waals surface area contributed by atoms with Gasteiger partial charge in [-0.1, -0.05) is 17.7 Å². The Bertz CT molecular complexity index is 612. The highest BCUT2D eigenvalue weighted by molar-refractivity contribution is 9.10. The molecule has 0 fully saturated rings. The van der Waals surface area contributed by atoms with Crippen molar-refractivity contribution in [2.75, 3.05) is 5.32 Å². The van der Waals surface area contributed by atoms with Gasteiger partial charge < -0.3 is 5.32 Å². The second-order valence-electron chi connectivity index (χ2n) is 4.96. The fraction of sp³-hybridized carbons (Fsp3) is 0.250. The number of nitrogens with one attached hydrogen (secondary N) is 1. The third-order valence-electron chi connectivity index (χ3n) is 3.17. The number of benzene rings is 1. The van der Waals surface area contributed by atoms with Gasteiger partial charge in [0, 0.05) is 10.7 Å². The van der Waals surface area contributed by atoms with E-state index in [2.05, 4.69) is 45.3 Å². The molecular formula is C16H17BrN2O. The Labute approximate surface area is 127 Å². The maximum absolute atomic E-state index is 12.1. The summed E-state index contributed by atoms with van der Waals surface area (Å²) in [6.45, 7) is 6.15. The van der Waals surface area contributed by atoms with E-state index < -0.39 is 0 Å². The van der Waals surface area contributed by atoms with E-state index in [9.17, 15) is 4.79 Å². The lowest BCUT2D eigenvalue weighted by molar-refractivity contribution is -0.115. The Balaban J connectivity index is 2.10. The van der Waals surface area contributed by atoms with Crippen molar-refractivity contribution in [1.29, 1.82) is 0 Å². The highest BCUT2D eigenvalue weighted by Crippen LogP contribution is 2.18. The first-order chi connectivity index (χ1) is 9.45. The quantitative estimate of drug-likeness (QED) is 0.924. The van der Waals surface area contributed by atoms with Crippen LogP contribution >= 0.6 is 15.9 Å². The molecule has 0 radical (unpaired) electrons. The maximum atomic E-state index is 12.1. The molecule has 0 bridgehead atoms. The van der Waals surface area contributed by atoms with E-state index in [1.165, 1.54) is 5.56 Å². The summed E-state index contributed by atoms with van der Waals surface area (Å²) in [5.41, 5.74) is 4.62. The topological polar surface area (TPSA) is 42.0 Å². The third kappa shape index (κ3) is 3.67. The van der Waals surface area contributed by atoms with Gasteiger partial charge in [0.2, 0.25) is 5.91 Å². The number of hydrogen-bond donors (Lipinski definition) is 1. The van der Waals surface area contributed by atoms with E-state index in [1.54, 1.807) is 12.3 Å². The normalized spacial score (nSPS) is 10.4. The smallest absolute Gasteiger partial charge is 0.229 e. The monoisotopic (exact) mass is 332 g/mol. The van der Waals surface area contributed by atoms with Crippen molar-refractivity contribution in [3.05, 3.63) is 57.2 Å². The molecule has 0 atom stereocenters. The van der Waals surface area contributed by atoms with Crippen LogP contribution in [0.4, 0.5) is 5.82 Å². The highest BCUT2D eigenvalue weighted by Gasteiger charge is 2.10. The lowest BCUT2D eigenvalue weighted by atomic mass is 9.97. The van der Waals surface area contributed by atoms with Crippen molar-refractivity contribution in [3.8, 4) is 0 Å². The Hall–Kier alpha value is -1.68. The zero-order valence-corrected chi connectivity index (χ0v) is 13.4. The minimum absolute atomic E-state index is 0.0464. The largest absolute Gasteiger partial charge is 0.310 e. The lowest BCUT2D eigenvalue weighted by Crippen LogP contribution is -2.16. The number of hydrogen-bond acceptors (Lipinski definition) is 2. The molecule has 1 aromatic carbocycles. The summed E-state index contributed by atoms with van der Waals surface area (Å²) in [5.74, 6) is 0.524. The Morgan fingerprint density at radius 1 is 1.20 bits per heavy atom. The molecule has 0 spiro atoms. The van der Waals surface area contributed by atoms with Gasteiger partial charge in [-0.3, -0.25) is 4.79 Å². The van der Waals surface area contributed by atoms with Gasteiger partial charge >= 0.3 is 0 Å². The minimum Gasteiger partial charge on any atom is -0.310 e. The second-order valence-corrected chi connectivity index (χ2v) is 5.88. The number of pyridine rings is 1. The van der Waals surface area contributed by atoms with Crippen LogP contribution in [0.15, 0.2) is 34.9 Å². The molecule has 2 rings (SSSR count). The fourth-order valence-corrected chi connectivity index (χ4v) is 2.52. The van der Waals surface area contributed by atoms with Gasteiger partial charge in [0.05, 0.1) is 6.42 Å². The standard InChI is InChI=1S/C16H17BrN2O/c1-10-6-11(2)14(12(3)7-10)8-16(20)19-15-5-4-13(17)9-18-15/h4-7,9H,8H2,1-3H3,(H,18,19,20). The van der Waals surface area contributed by atoms with Gasteiger partial charge in [0.25, 0.3) is 0 Å². The number of aryl methyl sites for hydroxylation is 3. The van der Waals surface area contributed by atoms with E-state index in [-0.39, 0.29) is 5.91 Å². The molecule has 4 heteroatoms. The molecule has 0 saturated heterocycles. The Morgan fingerprint density at radius 2 is 1.85 bits per heavy atom. The Kier molecular flexibility index (Phi) is 4.55. The van der Waals surface area contributed by atoms with Gasteiger partial charge in [0.15, 0.2) is 0 Å². The van der Waals surface area contributed by atoms with Gasteiger partial charge in [-0.15, -0.1) is 0 Å². The zero-order chi connectivity index (χ0) is 14.7. The molecule has 0 aliphatic rings. The summed E-state index contributed by atoms with van der Waals surface area (Å²) in [5, 5.41) is 2.82. The predicted octanol–water partition coefficient (Wildman–Crippen LogP) is 3.95. The number of carbonyl (C=O) groups is 1. The maximum Gasteiger partial charge on any atom is 0.229 e. The minimum atomic E-state index is -0.0464. The van der Waals surface area contributed by atoms with Crippen LogP contribution in [0.5, 0.6) is 0 Å². The molecule has 20 heavy (non-hydrogen) atoms. The molecule has 1 amide bonds. The third-order valence-corrected chi connectivity index (χ3v) is 3.64. The molecule has 0 aliphatic carbocycles. The van der Waals surface area contributed by atoms with E-state index in [4.69, 9.17) is 0 Å². The van der Waals surface area contributed by atoms with Crippen molar-refractivity contribution in [1.82, 2.24) is 4.98 Å². The van der Waals surface area contributed by atoms with Crippen molar-refractivity contribution < 1.29 is 4.79 Å². The number of carbonyl (C=O) groups excluding carboxylic acids is 1. The van der Waals surface area contributed by atoms with E-state index in [0.717, 1.165) is 21.2 Å². The van der Waals surface area contributed by atoms with Crippen molar-refractivity contribution in [2.45, 2.75) is 27.2 Å². The van der Waals surface area contributed by atoms with Gasteiger partial charge in [0.1, 0.15) is 5.82 Å². The SMILES string of the molecule is Cc1cc(C)c(CC(=O)Nc2ccc(Br)cn2)c(C)c1. The van der Waals surface area contributed by atoms with Crippen molar-refractivity contribution in [3.63, 3.8) is 0 Å². The molecule has 2 aromatic rings. The first-order valence-corrected chi connectivity index (χ1v) is 7.23. The molecule has 0 unspecified atom stereocenters. The number of halogens is 1. The molecule has 1 heterocycles. The van der Waals surface area contributed by atoms with Crippen LogP contribution in [0.1, 0.15) is 22.3 Å². The van der Waals surface area contributed by atoms with Crippen LogP contribution in [0.2, 0.25) is 0 Å². The van der Waals surface area contributed by atoms with E-state index in [1.807, 2.05) is 19.9 Å². The van der Waals surface area contributed by atoms with Gasteiger partial charge in [-0.2, -0.15) is 0 Å². The van der Waals surface area contributed by atoms with E-state index >= 15 is 0 Å². The molecule has 104 valence electrons. The van der Waals surface area contributed by atoms with Crippen molar-refractivity contribution in [2.24, 2.45) is 0 Å². The lowest BCUT2D eigenvalue weighted by Gasteiger charge is -2.11. The van der Waals surface area contributed by atoms with Gasteiger partial charge in [-0.05, 0) is 65.5 Å². The van der Waals surface area contributed by atoms with Crippen LogP contribution in [0.3, 0.4) is 0 Å². The predicted molar refractivity (Wildman–Crippen MR) is 84.9 cm³/mol. The number of amides is 1. The van der Waals surface area contributed by atoms with Crippen LogP contribution < -0.4 is 5.32 Å². The number of anilines is 1. The zero-order valence-electron chi connectivity index (χ0n) is 11.8. The average molecular weight is 333 g/mol. The Morgan fingerprint density at radius 3 is 2.40 bits per heavy atom. The first-order valence-electron chi connectivity index (χ1n) is 6.44. The van der Waals surface area contributed by atoms with Gasteiger partial charge in [-0.25, -0.2) is 4.98 Å². The summed E-state index contributed by atoms with van der Waals surface area (Å²) in [4.78, 5) is 16.2. The van der Waals surface area contributed by atoms with E-state index in [0.29, 0.717) is 12.2 Å². The van der Waals surface area contributed by atoms with Crippen LogP contribution in [0.25, 0.3) is 0 Å². The summed E-state index contributed by atoms with van der Waals surface area (Å²) in [6.07, 6.45) is 2.04. The summed E-state index contributed by atoms with van der Waals surface area (Å²) in [6, 6.07) is 7.84. The summed E-state index contributed by atoms with van der Waals surface area (Å²) < 4.78 is 0.890. The molecule has 0 saturated carbocycles. The van der Waals surface area contributed by atoms with Crippen molar-refractivity contribution >= 4 is 27.7 Å². The number of rotatable bonds is 3. The molecule has 1 N–H and O–H groups in total. The number of aromatic nitrogens is 1. The highest BCUT2D eigenvalue weighted by atomic mass is 79.9. The molecule has 0 aliphatic heterocycles. The molecular weight excluding hydrogens is 316 g/mol. The fourth-order valence-electron chi connectivity index (χ4n) is 2.29. The average Bonchev–Trinajstić information content (AvgIpc) is 2.36. The van der Waals surface area contributed by atoms with Crippen LogP contribution in [-0.2, 0) is 11.2 Å². The van der Waals surface area contributed by atoms with Crippen LogP contribution in [-0.4, -0.2) is 10.9 Å².